The molecule has 1 amide bonds. The number of aromatic nitrogens is 1. The van der Waals surface area contributed by atoms with Crippen molar-refractivity contribution in [3.8, 4) is 0 Å². The number of amides is 1. The van der Waals surface area contributed by atoms with Gasteiger partial charge in [-0.1, -0.05) is 13.8 Å². The Morgan fingerprint density at radius 2 is 2.47 bits per heavy atom. The summed E-state index contributed by atoms with van der Waals surface area (Å²) in [7, 11) is 0. The molecule has 0 bridgehead atoms. The topological polar surface area (TPSA) is 59.2 Å². The quantitative estimate of drug-likeness (QED) is 0.892. The second-order valence-electron chi connectivity index (χ2n) is 4.87. The zero-order chi connectivity index (χ0) is 12.4. The Bertz CT molecular complexity index is 402. The third kappa shape index (κ3) is 2.66. The molecule has 0 radical (unpaired) electrons. The van der Waals surface area contributed by atoms with E-state index < -0.39 is 0 Å². The van der Waals surface area contributed by atoms with E-state index in [0.717, 1.165) is 24.5 Å². The smallest absolute Gasteiger partial charge is 0.273 e. The predicted molar refractivity (Wildman–Crippen MR) is 68.9 cm³/mol. The largest absolute Gasteiger partial charge is 0.337 e. The summed E-state index contributed by atoms with van der Waals surface area (Å²) in [5, 5.41) is 2.64. The van der Waals surface area contributed by atoms with Crippen LogP contribution >= 0.6 is 11.3 Å². The summed E-state index contributed by atoms with van der Waals surface area (Å²) in [6.07, 6.45) is 1.11. The lowest BCUT2D eigenvalue weighted by atomic mass is 9.95. The highest BCUT2D eigenvalue weighted by Gasteiger charge is 2.29. The van der Waals surface area contributed by atoms with Crippen LogP contribution in [0.5, 0.6) is 0 Å². The lowest BCUT2D eigenvalue weighted by Crippen LogP contribution is -2.29. The molecule has 0 saturated carbocycles. The molecule has 0 spiro atoms. The van der Waals surface area contributed by atoms with Crippen LogP contribution in [0.3, 0.4) is 0 Å². The highest BCUT2D eigenvalue weighted by Crippen LogP contribution is 2.25. The number of carbonyl (C=O) groups is 1. The van der Waals surface area contributed by atoms with E-state index in [1.165, 1.54) is 11.3 Å². The standard InChI is InChI=1S/C12H19N3OS/c1-8(2)9-3-4-15(6-9)12(16)10-7-17-11(5-13)14-10/h7-9H,3-6,13H2,1-2H3. The van der Waals surface area contributed by atoms with Crippen molar-refractivity contribution in [1.29, 1.82) is 0 Å². The average Bonchev–Trinajstić information content (AvgIpc) is 2.97. The zero-order valence-electron chi connectivity index (χ0n) is 10.3. The van der Waals surface area contributed by atoms with Crippen molar-refractivity contribution >= 4 is 17.2 Å². The first-order valence-corrected chi connectivity index (χ1v) is 6.93. The van der Waals surface area contributed by atoms with E-state index in [0.29, 0.717) is 24.1 Å². The molecular weight excluding hydrogens is 234 g/mol. The monoisotopic (exact) mass is 253 g/mol. The Hall–Kier alpha value is -0.940. The molecule has 1 aromatic rings. The molecule has 0 aliphatic carbocycles. The van der Waals surface area contributed by atoms with Gasteiger partial charge in [0.2, 0.25) is 0 Å². The van der Waals surface area contributed by atoms with E-state index in [9.17, 15) is 4.79 Å². The third-order valence-corrected chi connectivity index (χ3v) is 4.27. The number of thiazole rings is 1. The molecule has 1 aliphatic heterocycles. The van der Waals surface area contributed by atoms with Gasteiger partial charge in [-0.05, 0) is 18.3 Å². The van der Waals surface area contributed by atoms with E-state index in [1.54, 1.807) is 0 Å². The number of nitrogens with two attached hydrogens (primary N) is 1. The van der Waals surface area contributed by atoms with Crippen LogP contribution in [0.1, 0.15) is 35.8 Å². The van der Waals surface area contributed by atoms with Crippen molar-refractivity contribution in [3.63, 3.8) is 0 Å². The lowest BCUT2D eigenvalue weighted by Gasteiger charge is -2.17. The number of likely N-dealkylation sites (tertiary alicyclic amines) is 1. The Morgan fingerprint density at radius 1 is 1.71 bits per heavy atom. The van der Waals surface area contributed by atoms with Gasteiger partial charge in [0.05, 0.1) is 0 Å². The minimum Gasteiger partial charge on any atom is -0.337 e. The van der Waals surface area contributed by atoms with Crippen molar-refractivity contribution in [3.05, 3.63) is 16.1 Å². The van der Waals surface area contributed by atoms with Gasteiger partial charge in [0.25, 0.3) is 5.91 Å². The van der Waals surface area contributed by atoms with Crippen LogP contribution in [-0.4, -0.2) is 28.9 Å². The molecule has 1 atom stereocenters. The van der Waals surface area contributed by atoms with E-state index >= 15 is 0 Å². The second-order valence-corrected chi connectivity index (χ2v) is 5.82. The lowest BCUT2D eigenvalue weighted by molar-refractivity contribution is 0.0779. The maximum Gasteiger partial charge on any atom is 0.273 e. The van der Waals surface area contributed by atoms with Crippen molar-refractivity contribution < 1.29 is 4.79 Å². The van der Waals surface area contributed by atoms with E-state index in [-0.39, 0.29) is 5.91 Å². The van der Waals surface area contributed by atoms with Crippen molar-refractivity contribution in [2.45, 2.75) is 26.8 Å². The first-order valence-electron chi connectivity index (χ1n) is 6.05. The van der Waals surface area contributed by atoms with Gasteiger partial charge >= 0.3 is 0 Å². The fourth-order valence-corrected chi connectivity index (χ4v) is 2.83. The fraction of sp³-hybridized carbons (Fsp3) is 0.667. The Morgan fingerprint density at radius 3 is 3.00 bits per heavy atom. The van der Waals surface area contributed by atoms with Gasteiger partial charge in [0.1, 0.15) is 10.7 Å². The van der Waals surface area contributed by atoms with E-state index in [1.807, 2.05) is 10.3 Å². The van der Waals surface area contributed by atoms with Gasteiger partial charge in [-0.25, -0.2) is 4.98 Å². The number of rotatable bonds is 3. The van der Waals surface area contributed by atoms with Gasteiger partial charge in [-0.3, -0.25) is 4.79 Å². The summed E-state index contributed by atoms with van der Waals surface area (Å²) < 4.78 is 0. The highest BCUT2D eigenvalue weighted by molar-refractivity contribution is 7.09. The van der Waals surface area contributed by atoms with Crippen LogP contribution in [0.25, 0.3) is 0 Å². The van der Waals surface area contributed by atoms with Gasteiger partial charge < -0.3 is 10.6 Å². The molecule has 1 saturated heterocycles. The van der Waals surface area contributed by atoms with Crippen LogP contribution in [0.2, 0.25) is 0 Å². The summed E-state index contributed by atoms with van der Waals surface area (Å²) in [5.74, 6) is 1.33. The first kappa shape index (κ1) is 12.5. The molecule has 1 aromatic heterocycles. The number of carbonyl (C=O) groups excluding carboxylic acids is 1. The maximum atomic E-state index is 12.2. The Balaban J connectivity index is 2.01. The molecular formula is C12H19N3OS. The number of nitrogens with zero attached hydrogens (tertiary/aromatic N) is 2. The molecule has 17 heavy (non-hydrogen) atoms. The minimum absolute atomic E-state index is 0.0594. The van der Waals surface area contributed by atoms with Crippen LogP contribution < -0.4 is 5.73 Å². The summed E-state index contributed by atoms with van der Waals surface area (Å²) in [6, 6.07) is 0. The maximum absolute atomic E-state index is 12.2. The SMILES string of the molecule is CC(C)C1CCN(C(=O)c2csc(CN)n2)C1. The van der Waals surface area contributed by atoms with Crippen LogP contribution in [0, 0.1) is 11.8 Å². The third-order valence-electron chi connectivity index (χ3n) is 3.40. The van der Waals surface area contributed by atoms with Gasteiger partial charge in [0, 0.05) is 25.0 Å². The summed E-state index contributed by atoms with van der Waals surface area (Å²) >= 11 is 1.46. The summed E-state index contributed by atoms with van der Waals surface area (Å²) in [5.41, 5.74) is 6.06. The zero-order valence-corrected chi connectivity index (χ0v) is 11.2. The molecule has 5 heteroatoms. The summed E-state index contributed by atoms with van der Waals surface area (Å²) in [4.78, 5) is 18.3. The van der Waals surface area contributed by atoms with Crippen molar-refractivity contribution in [2.75, 3.05) is 13.1 Å². The van der Waals surface area contributed by atoms with Gasteiger partial charge in [0.15, 0.2) is 0 Å². The molecule has 2 N–H and O–H groups in total. The van der Waals surface area contributed by atoms with Crippen LogP contribution in [0.15, 0.2) is 5.38 Å². The first-order chi connectivity index (χ1) is 8.11. The molecule has 1 aliphatic rings. The van der Waals surface area contributed by atoms with Gasteiger partial charge in [-0.2, -0.15) is 0 Å². The number of hydrogen-bond donors (Lipinski definition) is 1. The second kappa shape index (κ2) is 5.14. The number of hydrogen-bond acceptors (Lipinski definition) is 4. The van der Waals surface area contributed by atoms with Gasteiger partial charge in [-0.15, -0.1) is 11.3 Å². The molecule has 0 aromatic carbocycles. The van der Waals surface area contributed by atoms with Crippen molar-refractivity contribution in [1.82, 2.24) is 9.88 Å². The highest BCUT2D eigenvalue weighted by atomic mass is 32.1. The van der Waals surface area contributed by atoms with E-state index in [4.69, 9.17) is 5.73 Å². The summed E-state index contributed by atoms with van der Waals surface area (Å²) in [6.45, 7) is 6.57. The van der Waals surface area contributed by atoms with Crippen molar-refractivity contribution in [2.24, 2.45) is 17.6 Å². The van der Waals surface area contributed by atoms with Crippen LogP contribution in [-0.2, 0) is 6.54 Å². The fourth-order valence-electron chi connectivity index (χ4n) is 2.18. The molecule has 94 valence electrons. The average molecular weight is 253 g/mol. The Labute approximate surface area is 106 Å². The predicted octanol–water partition coefficient (Wildman–Crippen LogP) is 1.72. The molecule has 4 nitrogen and oxygen atoms in total. The van der Waals surface area contributed by atoms with E-state index in [2.05, 4.69) is 18.8 Å². The minimum atomic E-state index is 0.0594. The Kier molecular flexibility index (Phi) is 3.79. The van der Waals surface area contributed by atoms with Crippen LogP contribution in [0.4, 0.5) is 0 Å². The molecule has 1 unspecified atom stereocenters. The molecule has 1 fully saturated rings. The molecule has 2 heterocycles. The normalized spacial score (nSPS) is 20.2. The molecule has 2 rings (SSSR count).